The van der Waals surface area contributed by atoms with E-state index in [0.29, 0.717) is 18.2 Å². The van der Waals surface area contributed by atoms with Gasteiger partial charge in [-0.2, -0.15) is 4.98 Å². The molecule has 2 heterocycles. The van der Waals surface area contributed by atoms with Crippen LogP contribution in [0, 0.1) is 0 Å². The minimum Gasteiger partial charge on any atom is -0.383 e. The second kappa shape index (κ2) is 4.40. The van der Waals surface area contributed by atoms with E-state index in [1.165, 1.54) is 0 Å². The molecule has 0 aliphatic rings. The van der Waals surface area contributed by atoms with Crippen LogP contribution in [0.15, 0.2) is 16.8 Å². The standard InChI is InChI=1S/C11H15N5O/c1-6(2)9-4-8(17-16-9)3-7-5-14-11(13)15-10(7)12/h4-6H,3H2,1-2H3,(H4,12,13,14,15). The summed E-state index contributed by atoms with van der Waals surface area (Å²) >= 11 is 0. The zero-order chi connectivity index (χ0) is 12.4. The summed E-state index contributed by atoms with van der Waals surface area (Å²) in [6.45, 7) is 4.12. The molecule has 2 aromatic rings. The Hall–Kier alpha value is -2.11. The van der Waals surface area contributed by atoms with Crippen molar-refractivity contribution >= 4 is 11.8 Å². The summed E-state index contributed by atoms with van der Waals surface area (Å²) in [6.07, 6.45) is 2.13. The molecule has 0 bridgehead atoms. The fourth-order valence-corrected chi connectivity index (χ4v) is 1.44. The van der Waals surface area contributed by atoms with Crippen molar-refractivity contribution in [2.45, 2.75) is 26.2 Å². The zero-order valence-corrected chi connectivity index (χ0v) is 9.84. The third-order valence-electron chi connectivity index (χ3n) is 2.45. The summed E-state index contributed by atoms with van der Waals surface area (Å²) in [5.41, 5.74) is 12.9. The van der Waals surface area contributed by atoms with Crippen molar-refractivity contribution in [2.24, 2.45) is 0 Å². The van der Waals surface area contributed by atoms with Gasteiger partial charge in [-0.1, -0.05) is 19.0 Å². The molecule has 17 heavy (non-hydrogen) atoms. The maximum absolute atomic E-state index is 5.74. The van der Waals surface area contributed by atoms with Gasteiger partial charge in [0, 0.05) is 24.2 Å². The number of rotatable bonds is 3. The van der Waals surface area contributed by atoms with E-state index in [9.17, 15) is 0 Å². The second-order valence-corrected chi connectivity index (χ2v) is 4.19. The molecule has 0 saturated heterocycles. The first-order valence-corrected chi connectivity index (χ1v) is 5.38. The Balaban J connectivity index is 2.19. The zero-order valence-electron chi connectivity index (χ0n) is 9.84. The molecule has 0 fully saturated rings. The van der Waals surface area contributed by atoms with Gasteiger partial charge in [0.15, 0.2) is 0 Å². The molecule has 2 rings (SSSR count). The molecular formula is C11H15N5O. The highest BCUT2D eigenvalue weighted by atomic mass is 16.5. The number of hydrogen-bond acceptors (Lipinski definition) is 6. The van der Waals surface area contributed by atoms with E-state index in [2.05, 4.69) is 29.0 Å². The summed E-state index contributed by atoms with van der Waals surface area (Å²) in [6, 6.07) is 1.92. The summed E-state index contributed by atoms with van der Waals surface area (Å²) in [5.74, 6) is 1.63. The molecule has 0 atom stereocenters. The van der Waals surface area contributed by atoms with Crippen LogP contribution in [-0.4, -0.2) is 15.1 Å². The van der Waals surface area contributed by atoms with E-state index >= 15 is 0 Å². The van der Waals surface area contributed by atoms with Gasteiger partial charge in [-0.25, -0.2) is 4.98 Å². The van der Waals surface area contributed by atoms with E-state index in [1.807, 2.05) is 6.07 Å². The highest BCUT2D eigenvalue weighted by Crippen LogP contribution is 2.18. The summed E-state index contributed by atoms with van der Waals surface area (Å²) < 4.78 is 5.22. The largest absolute Gasteiger partial charge is 0.383 e. The Morgan fingerprint density at radius 3 is 2.71 bits per heavy atom. The molecule has 0 aliphatic heterocycles. The van der Waals surface area contributed by atoms with Gasteiger partial charge in [0.05, 0.1) is 5.69 Å². The predicted octanol–water partition coefficient (Wildman–Crippen LogP) is 1.34. The number of nitrogens with zero attached hydrogens (tertiary/aromatic N) is 3. The third-order valence-corrected chi connectivity index (χ3v) is 2.45. The van der Waals surface area contributed by atoms with Crippen molar-refractivity contribution in [1.29, 1.82) is 0 Å². The summed E-state index contributed by atoms with van der Waals surface area (Å²) in [7, 11) is 0. The van der Waals surface area contributed by atoms with Crippen LogP contribution in [0.2, 0.25) is 0 Å². The van der Waals surface area contributed by atoms with Gasteiger partial charge in [0.25, 0.3) is 0 Å². The fourth-order valence-electron chi connectivity index (χ4n) is 1.44. The fraction of sp³-hybridized carbons (Fsp3) is 0.364. The Morgan fingerprint density at radius 2 is 2.12 bits per heavy atom. The minimum atomic E-state index is 0.173. The van der Waals surface area contributed by atoms with Crippen molar-refractivity contribution in [3.8, 4) is 0 Å². The number of hydrogen-bond donors (Lipinski definition) is 2. The van der Waals surface area contributed by atoms with Crippen LogP contribution in [0.3, 0.4) is 0 Å². The normalized spacial score (nSPS) is 11.0. The lowest BCUT2D eigenvalue weighted by molar-refractivity contribution is 0.380. The van der Waals surface area contributed by atoms with Crippen molar-refractivity contribution in [1.82, 2.24) is 15.1 Å². The van der Waals surface area contributed by atoms with Crippen LogP contribution in [0.25, 0.3) is 0 Å². The van der Waals surface area contributed by atoms with E-state index in [1.54, 1.807) is 6.20 Å². The molecule has 0 unspecified atom stereocenters. The molecule has 6 nitrogen and oxygen atoms in total. The second-order valence-electron chi connectivity index (χ2n) is 4.19. The molecule has 90 valence electrons. The highest BCUT2D eigenvalue weighted by molar-refractivity contribution is 5.43. The predicted molar refractivity (Wildman–Crippen MR) is 64.3 cm³/mol. The number of anilines is 2. The van der Waals surface area contributed by atoms with Crippen molar-refractivity contribution < 1.29 is 4.52 Å². The molecular weight excluding hydrogens is 218 g/mol. The lowest BCUT2D eigenvalue weighted by Crippen LogP contribution is -2.03. The Labute approximate surface area is 99.0 Å². The molecule has 0 aliphatic carbocycles. The molecule has 0 radical (unpaired) electrons. The van der Waals surface area contributed by atoms with Crippen molar-refractivity contribution in [3.05, 3.63) is 29.3 Å². The van der Waals surface area contributed by atoms with E-state index in [-0.39, 0.29) is 5.95 Å². The number of nitrogen functional groups attached to an aromatic ring is 2. The number of aromatic nitrogens is 3. The first-order valence-electron chi connectivity index (χ1n) is 5.38. The van der Waals surface area contributed by atoms with Crippen LogP contribution < -0.4 is 11.5 Å². The average Bonchev–Trinajstić information content (AvgIpc) is 2.71. The van der Waals surface area contributed by atoms with Crippen LogP contribution in [0.5, 0.6) is 0 Å². The van der Waals surface area contributed by atoms with Crippen LogP contribution in [0.1, 0.15) is 36.8 Å². The lowest BCUT2D eigenvalue weighted by Gasteiger charge is -2.01. The lowest BCUT2D eigenvalue weighted by atomic mass is 10.1. The van der Waals surface area contributed by atoms with Crippen LogP contribution in [-0.2, 0) is 6.42 Å². The SMILES string of the molecule is CC(C)c1cc(Cc2cnc(N)nc2N)on1. The third kappa shape index (κ3) is 2.52. The topological polar surface area (TPSA) is 104 Å². The maximum atomic E-state index is 5.74. The minimum absolute atomic E-state index is 0.173. The highest BCUT2D eigenvalue weighted by Gasteiger charge is 2.10. The van der Waals surface area contributed by atoms with E-state index < -0.39 is 0 Å². The Bertz CT molecular complexity index is 520. The molecule has 0 amide bonds. The van der Waals surface area contributed by atoms with Gasteiger partial charge >= 0.3 is 0 Å². The van der Waals surface area contributed by atoms with Crippen LogP contribution in [0.4, 0.5) is 11.8 Å². The van der Waals surface area contributed by atoms with Crippen LogP contribution >= 0.6 is 0 Å². The Morgan fingerprint density at radius 1 is 1.35 bits per heavy atom. The van der Waals surface area contributed by atoms with Gasteiger partial charge < -0.3 is 16.0 Å². The Kier molecular flexibility index (Phi) is 2.95. The van der Waals surface area contributed by atoms with Gasteiger partial charge in [0.2, 0.25) is 5.95 Å². The van der Waals surface area contributed by atoms with Crippen molar-refractivity contribution in [2.75, 3.05) is 11.5 Å². The quantitative estimate of drug-likeness (QED) is 0.829. The summed E-state index contributed by atoms with van der Waals surface area (Å²) in [5, 5.41) is 3.98. The molecule has 6 heteroatoms. The van der Waals surface area contributed by atoms with E-state index in [0.717, 1.165) is 17.0 Å². The van der Waals surface area contributed by atoms with E-state index in [4.69, 9.17) is 16.0 Å². The van der Waals surface area contributed by atoms with Crippen molar-refractivity contribution in [3.63, 3.8) is 0 Å². The first kappa shape index (κ1) is 11.4. The molecule has 0 aromatic carbocycles. The van der Waals surface area contributed by atoms with Gasteiger partial charge in [0.1, 0.15) is 11.6 Å². The first-order chi connectivity index (χ1) is 8.06. The van der Waals surface area contributed by atoms with Gasteiger partial charge in [-0.15, -0.1) is 0 Å². The molecule has 4 N–H and O–H groups in total. The summed E-state index contributed by atoms with van der Waals surface area (Å²) in [4.78, 5) is 7.80. The van der Waals surface area contributed by atoms with Gasteiger partial charge in [-0.3, -0.25) is 0 Å². The number of nitrogens with two attached hydrogens (primary N) is 2. The maximum Gasteiger partial charge on any atom is 0.221 e. The molecule has 0 saturated carbocycles. The average molecular weight is 233 g/mol. The molecule has 0 spiro atoms. The molecule has 2 aromatic heterocycles. The monoisotopic (exact) mass is 233 g/mol. The smallest absolute Gasteiger partial charge is 0.221 e. The van der Waals surface area contributed by atoms with Gasteiger partial charge in [-0.05, 0) is 5.92 Å².